The summed E-state index contributed by atoms with van der Waals surface area (Å²) in [5.41, 5.74) is -1.81. The molecule has 0 bridgehead atoms. The fourth-order valence-corrected chi connectivity index (χ4v) is 2.50. The summed E-state index contributed by atoms with van der Waals surface area (Å²) in [4.78, 5) is 22.7. The first-order valence-electron chi connectivity index (χ1n) is 7.31. The highest BCUT2D eigenvalue weighted by Gasteiger charge is 2.23. The van der Waals surface area contributed by atoms with E-state index in [0.717, 1.165) is 0 Å². The van der Waals surface area contributed by atoms with Gasteiger partial charge in [-0.15, -0.1) is 0 Å². The van der Waals surface area contributed by atoms with Gasteiger partial charge >= 0.3 is 32.7 Å². The normalized spacial score (nSPS) is 13.0. The van der Waals surface area contributed by atoms with Gasteiger partial charge in [0.05, 0.1) is 6.61 Å². The summed E-state index contributed by atoms with van der Waals surface area (Å²) in [7, 11) is -8.77. The first-order valence-corrected chi connectivity index (χ1v) is 10.2. The molecule has 0 aromatic heterocycles. The van der Waals surface area contributed by atoms with Gasteiger partial charge in [-0.25, -0.2) is 14.3 Å². The monoisotopic (exact) mass is 419 g/mol. The number of hydrogen-bond donors (Lipinski definition) is 3. The highest BCUT2D eigenvalue weighted by Crippen LogP contribution is 2.07. The molecule has 0 aromatic rings. The van der Waals surface area contributed by atoms with Crippen molar-refractivity contribution in [2.24, 2.45) is 0 Å². The van der Waals surface area contributed by atoms with Crippen LogP contribution < -0.4 is 14.2 Å². The van der Waals surface area contributed by atoms with Gasteiger partial charge in [-0.3, -0.25) is 4.18 Å². The largest absolute Gasteiger partial charge is 0.443 e. The van der Waals surface area contributed by atoms with Gasteiger partial charge in [-0.2, -0.15) is 26.3 Å². The van der Waals surface area contributed by atoms with Crippen LogP contribution in [0.25, 0.3) is 0 Å². The number of amides is 2. The summed E-state index contributed by atoms with van der Waals surface area (Å²) in [6, 6.07) is 0. The van der Waals surface area contributed by atoms with Crippen molar-refractivity contribution in [1.29, 1.82) is 0 Å². The van der Waals surface area contributed by atoms with Crippen LogP contribution in [0.5, 0.6) is 0 Å². The number of ether oxygens (including phenoxy) is 2. The molecule has 0 fully saturated rings. The van der Waals surface area contributed by atoms with Crippen LogP contribution in [-0.2, 0) is 34.2 Å². The van der Waals surface area contributed by atoms with Crippen molar-refractivity contribution in [3.8, 4) is 0 Å². The summed E-state index contributed by atoms with van der Waals surface area (Å²) in [5.74, 6) is 0. The van der Waals surface area contributed by atoms with Crippen LogP contribution in [0.3, 0.4) is 0 Å². The molecule has 0 aliphatic carbocycles. The molecule has 0 atom stereocenters. The predicted octanol–water partition coefficient (Wildman–Crippen LogP) is 0.132. The summed E-state index contributed by atoms with van der Waals surface area (Å²) >= 11 is 0. The Morgan fingerprint density at radius 2 is 1.23 bits per heavy atom. The lowest BCUT2D eigenvalue weighted by molar-refractivity contribution is 0.0552. The SMILES string of the molecule is CC(C)(C)OC(=O)NS(=O)(=O)NCCOS(=O)(=O)NC(=O)OC(C)(C)C. The highest BCUT2D eigenvalue weighted by atomic mass is 32.2. The molecule has 0 aliphatic rings. The lowest BCUT2D eigenvalue weighted by Crippen LogP contribution is -2.44. The van der Waals surface area contributed by atoms with E-state index >= 15 is 0 Å². The maximum atomic E-state index is 11.6. The quantitative estimate of drug-likeness (QED) is 0.486. The fraction of sp³-hybridized carbons (Fsp3) is 0.833. The molecule has 14 heteroatoms. The summed E-state index contributed by atoms with van der Waals surface area (Å²) in [6.45, 7) is 8.08. The second-order valence-electron chi connectivity index (χ2n) is 6.88. The third-order valence-electron chi connectivity index (χ3n) is 1.86. The van der Waals surface area contributed by atoms with Gasteiger partial charge in [0, 0.05) is 6.54 Å². The molecule has 26 heavy (non-hydrogen) atoms. The van der Waals surface area contributed by atoms with Crippen LogP contribution in [0.4, 0.5) is 9.59 Å². The van der Waals surface area contributed by atoms with E-state index in [1.54, 1.807) is 25.5 Å². The number of carbonyl (C=O) groups is 2. The van der Waals surface area contributed by atoms with Crippen molar-refractivity contribution in [3.05, 3.63) is 0 Å². The molecule has 0 spiro atoms. The number of rotatable bonds is 7. The van der Waals surface area contributed by atoms with Crippen molar-refractivity contribution in [1.82, 2.24) is 14.2 Å². The van der Waals surface area contributed by atoms with Gasteiger partial charge in [0.2, 0.25) is 0 Å². The summed E-state index contributed by atoms with van der Waals surface area (Å²) in [5, 5.41) is 0. The van der Waals surface area contributed by atoms with E-state index in [0.29, 0.717) is 0 Å². The maximum absolute atomic E-state index is 11.6. The van der Waals surface area contributed by atoms with E-state index in [1.165, 1.54) is 25.5 Å². The molecule has 0 aliphatic heterocycles. The lowest BCUT2D eigenvalue weighted by Gasteiger charge is -2.20. The van der Waals surface area contributed by atoms with E-state index in [4.69, 9.17) is 9.47 Å². The van der Waals surface area contributed by atoms with Crippen molar-refractivity contribution in [2.45, 2.75) is 52.7 Å². The van der Waals surface area contributed by atoms with Crippen LogP contribution in [0.2, 0.25) is 0 Å². The van der Waals surface area contributed by atoms with Crippen LogP contribution in [-0.4, -0.2) is 53.4 Å². The first-order chi connectivity index (χ1) is 11.4. The Balaban J connectivity index is 4.35. The second kappa shape index (κ2) is 8.83. The molecule has 3 N–H and O–H groups in total. The van der Waals surface area contributed by atoms with Crippen LogP contribution >= 0.6 is 0 Å². The molecule has 0 heterocycles. The Kier molecular flexibility index (Phi) is 8.28. The van der Waals surface area contributed by atoms with E-state index in [9.17, 15) is 26.4 Å². The Morgan fingerprint density at radius 1 is 0.808 bits per heavy atom. The molecule has 2 amide bonds. The van der Waals surface area contributed by atoms with Crippen LogP contribution in [0.15, 0.2) is 0 Å². The fourth-order valence-electron chi connectivity index (χ4n) is 1.20. The molecule has 0 unspecified atom stereocenters. The number of hydrogen-bond acceptors (Lipinski definition) is 9. The number of nitrogens with one attached hydrogen (secondary N) is 3. The topological polar surface area (TPSA) is 166 Å². The van der Waals surface area contributed by atoms with Crippen molar-refractivity contribution in [2.75, 3.05) is 13.2 Å². The van der Waals surface area contributed by atoms with Crippen LogP contribution in [0.1, 0.15) is 41.5 Å². The minimum Gasteiger partial charge on any atom is -0.443 e. The van der Waals surface area contributed by atoms with Gasteiger partial charge in [-0.1, -0.05) is 0 Å². The molecule has 0 saturated heterocycles. The van der Waals surface area contributed by atoms with Gasteiger partial charge in [0.1, 0.15) is 11.2 Å². The van der Waals surface area contributed by atoms with Crippen molar-refractivity contribution < 1.29 is 40.1 Å². The Labute approximate surface area is 153 Å². The van der Waals surface area contributed by atoms with E-state index < -0.39 is 57.1 Å². The summed E-state index contributed by atoms with van der Waals surface area (Å²) < 4.78 is 64.9. The van der Waals surface area contributed by atoms with Gasteiger partial charge < -0.3 is 9.47 Å². The standard InChI is InChI=1S/C12H25N3O9S2/c1-11(2,3)23-9(16)14-25(18,19)13-7-8-22-26(20,21)15-10(17)24-12(4,5)6/h13H,7-8H2,1-6H3,(H,14,16)(H,15,17). The Hall–Kier alpha value is -1.64. The molecule has 0 saturated carbocycles. The number of carbonyl (C=O) groups excluding carboxylic acids is 2. The average Bonchev–Trinajstić information content (AvgIpc) is 2.27. The predicted molar refractivity (Wildman–Crippen MR) is 90.5 cm³/mol. The van der Waals surface area contributed by atoms with Gasteiger partial charge in [0.25, 0.3) is 0 Å². The molecular formula is C12H25N3O9S2. The third-order valence-corrected chi connectivity index (χ3v) is 3.77. The second-order valence-corrected chi connectivity index (χ2v) is 9.73. The van der Waals surface area contributed by atoms with E-state index in [-0.39, 0.29) is 0 Å². The third kappa shape index (κ3) is 13.6. The van der Waals surface area contributed by atoms with E-state index in [2.05, 4.69) is 4.18 Å². The molecule has 154 valence electrons. The molecule has 12 nitrogen and oxygen atoms in total. The zero-order valence-electron chi connectivity index (χ0n) is 15.4. The Morgan fingerprint density at radius 3 is 1.65 bits per heavy atom. The smallest absolute Gasteiger partial charge is 0.423 e. The first kappa shape index (κ1) is 24.4. The lowest BCUT2D eigenvalue weighted by atomic mass is 10.2. The average molecular weight is 419 g/mol. The zero-order valence-corrected chi connectivity index (χ0v) is 17.0. The molecular weight excluding hydrogens is 394 g/mol. The zero-order chi connectivity index (χ0) is 20.8. The van der Waals surface area contributed by atoms with Crippen molar-refractivity contribution in [3.63, 3.8) is 0 Å². The maximum Gasteiger partial charge on any atom is 0.423 e. The van der Waals surface area contributed by atoms with Crippen molar-refractivity contribution >= 4 is 32.7 Å². The van der Waals surface area contributed by atoms with Crippen LogP contribution in [0, 0.1) is 0 Å². The molecule has 0 aromatic carbocycles. The van der Waals surface area contributed by atoms with E-state index in [1.807, 2.05) is 4.72 Å². The molecule has 0 radical (unpaired) electrons. The molecule has 0 rings (SSSR count). The summed E-state index contributed by atoms with van der Waals surface area (Å²) in [6.07, 6.45) is -2.45. The highest BCUT2D eigenvalue weighted by molar-refractivity contribution is 7.88. The minimum atomic E-state index is -4.49. The Bertz CT molecular complexity index is 641. The van der Waals surface area contributed by atoms with Gasteiger partial charge in [-0.05, 0) is 41.5 Å². The minimum absolute atomic E-state index is 0.507. The van der Waals surface area contributed by atoms with Gasteiger partial charge in [0.15, 0.2) is 0 Å².